The van der Waals surface area contributed by atoms with E-state index in [1.165, 1.54) is 0 Å². The third-order valence-corrected chi connectivity index (χ3v) is 2.70. The number of hydrogen-bond acceptors (Lipinski definition) is 4. The second-order valence-corrected chi connectivity index (χ2v) is 4.06. The Morgan fingerprint density at radius 2 is 1.89 bits per heavy atom. The highest BCUT2D eigenvalue weighted by atomic mass is 19.2. The highest BCUT2D eigenvalue weighted by Crippen LogP contribution is 2.25. The average molecular weight is 275 g/mol. The van der Waals surface area contributed by atoms with Crippen molar-refractivity contribution in [3.05, 3.63) is 34.9 Å². The topological polar surface area (TPSA) is 89.8 Å². The first kappa shape index (κ1) is 15.5. The van der Waals surface area contributed by atoms with Gasteiger partial charge >= 0.3 is 5.97 Å². The maximum Gasteiger partial charge on any atom is 0.336 e. The predicted molar refractivity (Wildman–Crippen MR) is 62.8 cm³/mol. The molecule has 1 aromatic rings. The number of halogens is 2. The molecule has 2 unspecified atom stereocenters. The first-order valence-corrected chi connectivity index (χ1v) is 5.61. The first-order chi connectivity index (χ1) is 8.88. The minimum absolute atomic E-state index is 0.135. The van der Waals surface area contributed by atoms with Crippen LogP contribution >= 0.6 is 0 Å². The zero-order valence-corrected chi connectivity index (χ0v) is 10.2. The zero-order chi connectivity index (χ0) is 14.6. The van der Waals surface area contributed by atoms with Crippen LogP contribution in [0.5, 0.6) is 0 Å². The van der Waals surface area contributed by atoms with Crippen molar-refractivity contribution in [3.63, 3.8) is 0 Å². The Bertz CT molecular complexity index is 467. The number of aliphatic hydroxyl groups is 2. The standard InChI is InChI=1S/C12H15F2NO4/c1-15-3-2-10(16)11(17)6-4-8(13)9(14)5-7(6)12(18)19/h4-5,10-11,15-17H,2-3H2,1H3,(H,18,19). The third-order valence-electron chi connectivity index (χ3n) is 2.70. The van der Waals surface area contributed by atoms with Crippen molar-refractivity contribution in [3.8, 4) is 0 Å². The van der Waals surface area contributed by atoms with Gasteiger partial charge in [-0.15, -0.1) is 0 Å². The maximum atomic E-state index is 13.1. The van der Waals surface area contributed by atoms with E-state index in [-0.39, 0.29) is 12.0 Å². The molecule has 0 fully saturated rings. The monoisotopic (exact) mass is 275 g/mol. The van der Waals surface area contributed by atoms with E-state index < -0.39 is 35.4 Å². The van der Waals surface area contributed by atoms with Crippen molar-refractivity contribution in [2.45, 2.75) is 18.6 Å². The van der Waals surface area contributed by atoms with Gasteiger partial charge in [-0.1, -0.05) is 0 Å². The van der Waals surface area contributed by atoms with E-state index in [9.17, 15) is 23.8 Å². The summed E-state index contributed by atoms with van der Waals surface area (Å²) in [7, 11) is 1.64. The number of rotatable bonds is 6. The molecule has 0 saturated heterocycles. The van der Waals surface area contributed by atoms with Crippen molar-refractivity contribution in [2.75, 3.05) is 13.6 Å². The van der Waals surface area contributed by atoms with Gasteiger partial charge in [-0.2, -0.15) is 0 Å². The Morgan fingerprint density at radius 1 is 1.32 bits per heavy atom. The van der Waals surface area contributed by atoms with E-state index in [0.29, 0.717) is 18.7 Å². The van der Waals surface area contributed by atoms with Gasteiger partial charge in [0.15, 0.2) is 11.6 Å². The maximum absolute atomic E-state index is 13.1. The molecule has 5 nitrogen and oxygen atoms in total. The summed E-state index contributed by atoms with van der Waals surface area (Å²) in [6, 6.07) is 1.08. The number of carbonyl (C=O) groups is 1. The second kappa shape index (κ2) is 6.55. The Labute approximate surface area is 108 Å². The van der Waals surface area contributed by atoms with Gasteiger partial charge in [0.25, 0.3) is 0 Å². The Hall–Kier alpha value is -1.57. The highest BCUT2D eigenvalue weighted by molar-refractivity contribution is 5.89. The predicted octanol–water partition coefficient (Wildman–Crippen LogP) is 0.667. The van der Waals surface area contributed by atoms with Crippen LogP contribution in [0.25, 0.3) is 0 Å². The van der Waals surface area contributed by atoms with Crippen molar-refractivity contribution in [1.82, 2.24) is 5.32 Å². The average Bonchev–Trinajstić information content (AvgIpc) is 2.37. The van der Waals surface area contributed by atoms with Crippen LogP contribution in [0.1, 0.15) is 28.4 Å². The molecule has 0 aliphatic carbocycles. The molecule has 0 amide bonds. The molecule has 7 heteroatoms. The normalized spacial score (nSPS) is 14.2. The Morgan fingerprint density at radius 3 is 2.42 bits per heavy atom. The molecule has 106 valence electrons. The molecule has 4 N–H and O–H groups in total. The molecule has 1 rings (SSSR count). The van der Waals surface area contributed by atoms with Crippen LogP contribution in [0.15, 0.2) is 12.1 Å². The number of benzene rings is 1. The van der Waals surface area contributed by atoms with Crippen LogP contribution < -0.4 is 5.32 Å². The van der Waals surface area contributed by atoms with Crippen molar-refractivity contribution in [1.29, 1.82) is 0 Å². The van der Waals surface area contributed by atoms with Gasteiger partial charge in [-0.05, 0) is 32.1 Å². The lowest BCUT2D eigenvalue weighted by molar-refractivity contribution is 0.0129. The lowest BCUT2D eigenvalue weighted by Crippen LogP contribution is -2.25. The molecule has 0 bridgehead atoms. The summed E-state index contributed by atoms with van der Waals surface area (Å²) >= 11 is 0. The summed E-state index contributed by atoms with van der Waals surface area (Å²) in [6.45, 7) is 0.379. The minimum Gasteiger partial charge on any atom is -0.478 e. The second-order valence-electron chi connectivity index (χ2n) is 4.06. The van der Waals surface area contributed by atoms with Crippen LogP contribution in [0.4, 0.5) is 8.78 Å². The van der Waals surface area contributed by atoms with E-state index in [0.717, 1.165) is 0 Å². The molecule has 0 aliphatic heterocycles. The number of carboxylic acids is 1. The minimum atomic E-state index is -1.60. The summed E-state index contributed by atoms with van der Waals surface area (Å²) in [5.74, 6) is -4.10. The van der Waals surface area contributed by atoms with Gasteiger partial charge < -0.3 is 20.6 Å². The van der Waals surface area contributed by atoms with Gasteiger partial charge in [0.1, 0.15) is 6.10 Å². The molecule has 1 aromatic carbocycles. The molecule has 0 aliphatic rings. The van der Waals surface area contributed by atoms with Crippen molar-refractivity contribution >= 4 is 5.97 Å². The van der Waals surface area contributed by atoms with Crippen LogP contribution in [-0.2, 0) is 0 Å². The SMILES string of the molecule is CNCCC(O)C(O)c1cc(F)c(F)cc1C(=O)O. The van der Waals surface area contributed by atoms with Gasteiger partial charge in [-0.3, -0.25) is 0 Å². The summed E-state index contributed by atoms with van der Waals surface area (Å²) in [5.41, 5.74) is -0.926. The molecular weight excluding hydrogens is 260 g/mol. The smallest absolute Gasteiger partial charge is 0.336 e. The first-order valence-electron chi connectivity index (χ1n) is 5.61. The van der Waals surface area contributed by atoms with Crippen LogP contribution in [0.3, 0.4) is 0 Å². The number of carboxylic acid groups (broad SMARTS) is 1. The van der Waals surface area contributed by atoms with E-state index in [2.05, 4.69) is 5.32 Å². The highest BCUT2D eigenvalue weighted by Gasteiger charge is 2.25. The quantitative estimate of drug-likeness (QED) is 0.612. The van der Waals surface area contributed by atoms with Crippen LogP contribution in [0, 0.1) is 11.6 Å². The zero-order valence-electron chi connectivity index (χ0n) is 10.2. The van der Waals surface area contributed by atoms with E-state index in [1.54, 1.807) is 7.05 Å². The molecule has 0 spiro atoms. The Balaban J connectivity index is 3.10. The number of hydrogen-bond donors (Lipinski definition) is 4. The fourth-order valence-corrected chi connectivity index (χ4v) is 1.65. The number of nitrogens with one attached hydrogen (secondary N) is 1. The molecule has 2 atom stereocenters. The van der Waals surface area contributed by atoms with Gasteiger partial charge in [0.2, 0.25) is 0 Å². The third kappa shape index (κ3) is 3.69. The van der Waals surface area contributed by atoms with E-state index >= 15 is 0 Å². The molecule has 0 radical (unpaired) electrons. The van der Waals surface area contributed by atoms with E-state index in [4.69, 9.17) is 5.11 Å². The number of aliphatic hydroxyl groups excluding tert-OH is 2. The van der Waals surface area contributed by atoms with E-state index in [1.807, 2.05) is 0 Å². The van der Waals surface area contributed by atoms with Crippen LogP contribution in [0.2, 0.25) is 0 Å². The molecule has 0 aromatic heterocycles. The number of aromatic carboxylic acids is 1. The van der Waals surface area contributed by atoms with Gasteiger partial charge in [0, 0.05) is 5.56 Å². The van der Waals surface area contributed by atoms with Gasteiger partial charge in [-0.25, -0.2) is 13.6 Å². The largest absolute Gasteiger partial charge is 0.478 e. The summed E-state index contributed by atoms with van der Waals surface area (Å²) in [6.07, 6.45) is -2.75. The molecular formula is C12H15F2NO4. The Kier molecular flexibility index (Phi) is 5.34. The molecule has 19 heavy (non-hydrogen) atoms. The molecule has 0 heterocycles. The molecule has 0 saturated carbocycles. The van der Waals surface area contributed by atoms with Crippen LogP contribution in [-0.4, -0.2) is 41.0 Å². The summed E-state index contributed by atoms with van der Waals surface area (Å²) in [4.78, 5) is 10.9. The lowest BCUT2D eigenvalue weighted by atomic mass is 9.96. The lowest BCUT2D eigenvalue weighted by Gasteiger charge is -2.19. The fraction of sp³-hybridized carbons (Fsp3) is 0.417. The summed E-state index contributed by atoms with van der Waals surface area (Å²) in [5, 5.41) is 31.1. The van der Waals surface area contributed by atoms with Gasteiger partial charge in [0.05, 0.1) is 11.7 Å². The van der Waals surface area contributed by atoms with Crippen molar-refractivity contribution < 1.29 is 28.9 Å². The fourth-order valence-electron chi connectivity index (χ4n) is 1.65. The summed E-state index contributed by atoms with van der Waals surface area (Å²) < 4.78 is 26.1. The van der Waals surface area contributed by atoms with Crippen molar-refractivity contribution in [2.24, 2.45) is 0 Å².